The van der Waals surface area contributed by atoms with Crippen LogP contribution in [0.3, 0.4) is 0 Å². The van der Waals surface area contributed by atoms with Crippen LogP contribution in [0.2, 0.25) is 0 Å². The molecule has 3 nitrogen and oxygen atoms in total. The predicted octanol–water partition coefficient (Wildman–Crippen LogP) is 2.74. The van der Waals surface area contributed by atoms with Crippen LogP contribution in [0.5, 0.6) is 0 Å². The highest BCUT2D eigenvalue weighted by Gasteiger charge is 2.29. The van der Waals surface area contributed by atoms with Gasteiger partial charge in [0.1, 0.15) is 0 Å². The van der Waals surface area contributed by atoms with Gasteiger partial charge in [0.25, 0.3) is 0 Å². The first-order valence-electron chi connectivity index (χ1n) is 6.55. The standard InChI is InChI=1S/C14H23N3/c1-11(2)9-17(14-4-5-14)10-13-8-12(15-3)6-7-16-13/h6-8,11,14H,4-5,9-10H2,1-3H3,(H,15,16). The molecule has 3 heteroatoms. The maximum Gasteiger partial charge on any atom is 0.0564 e. The van der Waals surface area contributed by atoms with Crippen molar-refractivity contribution < 1.29 is 0 Å². The molecular formula is C14H23N3. The number of rotatable bonds is 6. The van der Waals surface area contributed by atoms with Gasteiger partial charge in [-0.3, -0.25) is 9.88 Å². The zero-order valence-corrected chi connectivity index (χ0v) is 11.1. The number of nitrogens with zero attached hydrogens (tertiary/aromatic N) is 2. The first-order valence-corrected chi connectivity index (χ1v) is 6.55. The van der Waals surface area contributed by atoms with Crippen molar-refractivity contribution in [2.24, 2.45) is 5.92 Å². The number of hydrogen-bond donors (Lipinski definition) is 1. The van der Waals surface area contributed by atoms with Gasteiger partial charge in [-0.2, -0.15) is 0 Å². The van der Waals surface area contributed by atoms with Crippen molar-refractivity contribution in [2.45, 2.75) is 39.3 Å². The van der Waals surface area contributed by atoms with Crippen molar-refractivity contribution in [2.75, 3.05) is 18.9 Å². The molecule has 0 aliphatic heterocycles. The molecule has 1 N–H and O–H groups in total. The molecule has 1 aliphatic carbocycles. The van der Waals surface area contributed by atoms with Gasteiger partial charge in [0.05, 0.1) is 5.69 Å². The predicted molar refractivity (Wildman–Crippen MR) is 72.1 cm³/mol. The summed E-state index contributed by atoms with van der Waals surface area (Å²) in [7, 11) is 1.95. The lowest BCUT2D eigenvalue weighted by Gasteiger charge is -2.23. The van der Waals surface area contributed by atoms with E-state index in [1.807, 2.05) is 19.3 Å². The Balaban J connectivity index is 2.00. The smallest absolute Gasteiger partial charge is 0.0564 e. The first-order chi connectivity index (χ1) is 8.19. The molecular weight excluding hydrogens is 210 g/mol. The highest BCUT2D eigenvalue weighted by Crippen LogP contribution is 2.28. The van der Waals surface area contributed by atoms with E-state index in [1.165, 1.54) is 25.1 Å². The normalized spacial score (nSPS) is 15.6. The van der Waals surface area contributed by atoms with E-state index in [4.69, 9.17) is 0 Å². The van der Waals surface area contributed by atoms with E-state index < -0.39 is 0 Å². The molecule has 0 bridgehead atoms. The minimum atomic E-state index is 0.725. The summed E-state index contributed by atoms with van der Waals surface area (Å²) < 4.78 is 0. The van der Waals surface area contributed by atoms with Gasteiger partial charge in [-0.15, -0.1) is 0 Å². The van der Waals surface area contributed by atoms with E-state index in [-0.39, 0.29) is 0 Å². The molecule has 94 valence electrons. The van der Waals surface area contributed by atoms with E-state index in [9.17, 15) is 0 Å². The quantitative estimate of drug-likeness (QED) is 0.819. The van der Waals surface area contributed by atoms with E-state index in [2.05, 4.69) is 35.1 Å². The Morgan fingerprint density at radius 2 is 2.24 bits per heavy atom. The number of anilines is 1. The zero-order valence-electron chi connectivity index (χ0n) is 11.1. The largest absolute Gasteiger partial charge is 0.388 e. The van der Waals surface area contributed by atoms with Gasteiger partial charge in [-0.25, -0.2) is 0 Å². The maximum absolute atomic E-state index is 4.46. The van der Waals surface area contributed by atoms with Crippen LogP contribution in [0, 0.1) is 5.92 Å². The Labute approximate surface area is 104 Å². The Morgan fingerprint density at radius 1 is 1.47 bits per heavy atom. The molecule has 0 radical (unpaired) electrons. The van der Waals surface area contributed by atoms with E-state index in [0.29, 0.717) is 0 Å². The summed E-state index contributed by atoms with van der Waals surface area (Å²) in [5, 5.41) is 3.17. The summed E-state index contributed by atoms with van der Waals surface area (Å²) in [6, 6.07) is 4.96. The van der Waals surface area contributed by atoms with Gasteiger partial charge in [-0.05, 0) is 30.9 Å². The highest BCUT2D eigenvalue weighted by molar-refractivity contribution is 5.42. The molecule has 1 heterocycles. The third-order valence-corrected chi connectivity index (χ3v) is 3.13. The first kappa shape index (κ1) is 12.4. The Bertz CT molecular complexity index is 358. The van der Waals surface area contributed by atoms with Crippen molar-refractivity contribution in [1.29, 1.82) is 0 Å². The molecule has 1 aromatic rings. The second-order valence-corrected chi connectivity index (χ2v) is 5.34. The monoisotopic (exact) mass is 233 g/mol. The number of aromatic nitrogens is 1. The van der Waals surface area contributed by atoms with E-state index in [0.717, 1.165) is 24.2 Å². The second kappa shape index (κ2) is 5.50. The van der Waals surface area contributed by atoms with Crippen LogP contribution in [-0.2, 0) is 6.54 Å². The lowest BCUT2D eigenvalue weighted by Crippen LogP contribution is -2.29. The molecule has 0 saturated heterocycles. The molecule has 1 aromatic heterocycles. The SMILES string of the molecule is CNc1ccnc(CN(CC(C)C)C2CC2)c1. The molecule has 2 rings (SSSR count). The highest BCUT2D eigenvalue weighted by atomic mass is 15.2. The topological polar surface area (TPSA) is 28.2 Å². The van der Waals surface area contributed by atoms with Gasteiger partial charge in [-0.1, -0.05) is 13.8 Å². The van der Waals surface area contributed by atoms with Crippen molar-refractivity contribution in [3.63, 3.8) is 0 Å². The molecule has 17 heavy (non-hydrogen) atoms. The third kappa shape index (κ3) is 3.70. The molecule has 1 aliphatic rings. The van der Waals surface area contributed by atoms with Gasteiger partial charge in [0, 0.05) is 38.1 Å². The number of hydrogen-bond acceptors (Lipinski definition) is 3. The summed E-state index contributed by atoms with van der Waals surface area (Å²) >= 11 is 0. The molecule has 0 aromatic carbocycles. The molecule has 0 amide bonds. The average Bonchev–Trinajstić information content (AvgIpc) is 3.12. The summed E-state index contributed by atoms with van der Waals surface area (Å²) in [6.45, 7) is 6.73. The fourth-order valence-corrected chi connectivity index (χ4v) is 2.18. The second-order valence-electron chi connectivity index (χ2n) is 5.34. The minimum Gasteiger partial charge on any atom is -0.388 e. The fraction of sp³-hybridized carbons (Fsp3) is 0.643. The molecule has 1 saturated carbocycles. The van der Waals surface area contributed by atoms with Crippen LogP contribution < -0.4 is 5.32 Å². The zero-order chi connectivity index (χ0) is 12.3. The average molecular weight is 233 g/mol. The lowest BCUT2D eigenvalue weighted by atomic mass is 10.2. The van der Waals surface area contributed by atoms with Crippen molar-refractivity contribution in [3.05, 3.63) is 24.0 Å². The van der Waals surface area contributed by atoms with Crippen LogP contribution in [0.4, 0.5) is 5.69 Å². The fourth-order valence-electron chi connectivity index (χ4n) is 2.18. The van der Waals surface area contributed by atoms with Crippen molar-refractivity contribution in [3.8, 4) is 0 Å². The van der Waals surface area contributed by atoms with Crippen LogP contribution in [0.1, 0.15) is 32.4 Å². The number of nitrogens with one attached hydrogen (secondary N) is 1. The Morgan fingerprint density at radius 3 is 2.82 bits per heavy atom. The van der Waals surface area contributed by atoms with Crippen LogP contribution in [0.15, 0.2) is 18.3 Å². The van der Waals surface area contributed by atoms with Gasteiger partial charge < -0.3 is 5.32 Å². The molecule has 0 atom stereocenters. The van der Waals surface area contributed by atoms with E-state index in [1.54, 1.807) is 0 Å². The van der Waals surface area contributed by atoms with Crippen molar-refractivity contribution in [1.82, 2.24) is 9.88 Å². The maximum atomic E-state index is 4.46. The van der Waals surface area contributed by atoms with Crippen LogP contribution in [-0.4, -0.2) is 29.5 Å². The summed E-state index contributed by atoms with van der Waals surface area (Å²) in [5.41, 5.74) is 2.32. The Kier molecular flexibility index (Phi) is 4.00. The van der Waals surface area contributed by atoms with Crippen LogP contribution >= 0.6 is 0 Å². The van der Waals surface area contributed by atoms with Gasteiger partial charge in [0.15, 0.2) is 0 Å². The Hall–Kier alpha value is -1.09. The summed E-state index contributed by atoms with van der Waals surface area (Å²) in [5.74, 6) is 0.725. The van der Waals surface area contributed by atoms with E-state index >= 15 is 0 Å². The van der Waals surface area contributed by atoms with Gasteiger partial charge >= 0.3 is 0 Å². The third-order valence-electron chi connectivity index (χ3n) is 3.13. The lowest BCUT2D eigenvalue weighted by molar-refractivity contribution is 0.223. The van der Waals surface area contributed by atoms with Crippen LogP contribution in [0.25, 0.3) is 0 Å². The molecule has 0 spiro atoms. The van der Waals surface area contributed by atoms with Gasteiger partial charge in [0.2, 0.25) is 0 Å². The minimum absolute atomic E-state index is 0.725. The van der Waals surface area contributed by atoms with Crippen molar-refractivity contribution >= 4 is 5.69 Å². The summed E-state index contributed by atoms with van der Waals surface area (Å²) in [4.78, 5) is 7.04. The summed E-state index contributed by atoms with van der Waals surface area (Å²) in [6.07, 6.45) is 4.61. The number of pyridine rings is 1. The molecule has 1 fully saturated rings. The molecule has 0 unspecified atom stereocenters.